The number of nitrogens with zero attached hydrogens (tertiary/aromatic N) is 1. The van der Waals surface area contributed by atoms with Crippen LogP contribution in [0.4, 0.5) is 4.79 Å². The van der Waals surface area contributed by atoms with Crippen molar-refractivity contribution in [3.63, 3.8) is 0 Å². The number of rotatable bonds is 7. The first-order chi connectivity index (χ1) is 16.3. The van der Waals surface area contributed by atoms with Crippen molar-refractivity contribution in [3.05, 3.63) is 97.3 Å². The molecule has 3 aromatic carbocycles. The van der Waals surface area contributed by atoms with Crippen LogP contribution >= 0.6 is 39.3 Å². The minimum atomic E-state index is -0.313. The number of benzene rings is 3. The van der Waals surface area contributed by atoms with Gasteiger partial charge in [-0.15, -0.1) is 0 Å². The van der Waals surface area contributed by atoms with E-state index in [0.717, 1.165) is 28.5 Å². The summed E-state index contributed by atoms with van der Waals surface area (Å²) in [6.45, 7) is 2.55. The monoisotopic (exact) mass is 557 g/mol. The average Bonchev–Trinajstić information content (AvgIpc) is 3.06. The Morgan fingerprint density at radius 2 is 1.82 bits per heavy atom. The fraction of sp³-hybridized carbons (Fsp3) is 0.154. The second-order valence-electron chi connectivity index (χ2n) is 7.71. The number of methoxy groups -OCH3 is 1. The lowest BCUT2D eigenvalue weighted by molar-refractivity contribution is -0.123. The van der Waals surface area contributed by atoms with Crippen LogP contribution in [-0.4, -0.2) is 23.2 Å². The first-order valence-electron chi connectivity index (χ1n) is 10.4. The van der Waals surface area contributed by atoms with Gasteiger partial charge in [-0.05, 0) is 81.6 Å². The van der Waals surface area contributed by atoms with E-state index in [1.165, 1.54) is 4.90 Å². The van der Waals surface area contributed by atoms with Crippen LogP contribution in [0.15, 0.2) is 70.0 Å². The molecule has 174 valence electrons. The van der Waals surface area contributed by atoms with Crippen molar-refractivity contribution in [3.8, 4) is 11.5 Å². The highest BCUT2D eigenvalue weighted by Crippen LogP contribution is 2.39. The summed E-state index contributed by atoms with van der Waals surface area (Å²) in [6.07, 6.45) is 1.69. The molecule has 0 saturated carbocycles. The van der Waals surface area contributed by atoms with Crippen LogP contribution in [-0.2, 0) is 17.9 Å². The van der Waals surface area contributed by atoms with Gasteiger partial charge in [-0.2, -0.15) is 0 Å². The van der Waals surface area contributed by atoms with E-state index in [1.54, 1.807) is 25.3 Å². The van der Waals surface area contributed by atoms with E-state index in [4.69, 9.17) is 21.1 Å². The first-order valence-corrected chi connectivity index (χ1v) is 12.4. The molecule has 0 unspecified atom stereocenters. The van der Waals surface area contributed by atoms with Gasteiger partial charge >= 0.3 is 0 Å². The highest BCUT2D eigenvalue weighted by atomic mass is 79.9. The number of halogens is 2. The van der Waals surface area contributed by atoms with Gasteiger partial charge in [0.15, 0.2) is 11.5 Å². The topological polar surface area (TPSA) is 55.8 Å². The van der Waals surface area contributed by atoms with Gasteiger partial charge in [-0.25, -0.2) is 0 Å². The number of hydrogen-bond donors (Lipinski definition) is 0. The third-order valence-electron chi connectivity index (χ3n) is 5.16. The molecule has 0 aromatic heterocycles. The van der Waals surface area contributed by atoms with Gasteiger partial charge in [0, 0.05) is 5.02 Å². The van der Waals surface area contributed by atoms with Crippen LogP contribution in [0.25, 0.3) is 6.08 Å². The number of hydrogen-bond acceptors (Lipinski definition) is 5. The lowest BCUT2D eigenvalue weighted by atomic mass is 10.1. The van der Waals surface area contributed by atoms with Gasteiger partial charge in [0.25, 0.3) is 11.1 Å². The van der Waals surface area contributed by atoms with E-state index in [9.17, 15) is 9.59 Å². The Kier molecular flexibility index (Phi) is 7.66. The molecule has 0 radical (unpaired) electrons. The van der Waals surface area contributed by atoms with Crippen molar-refractivity contribution in [1.82, 2.24) is 4.90 Å². The third-order valence-corrected chi connectivity index (χ3v) is 6.89. The molecular formula is C26H21BrClNO4S. The summed E-state index contributed by atoms with van der Waals surface area (Å²) in [7, 11) is 1.55. The molecule has 3 aromatic rings. The van der Waals surface area contributed by atoms with Crippen LogP contribution in [0.3, 0.4) is 0 Å². The number of carbonyl (C=O) groups excluding carboxylic acids is 2. The molecule has 1 saturated heterocycles. The Labute approximate surface area is 215 Å². The number of aryl methyl sites for hydroxylation is 1. The van der Waals surface area contributed by atoms with E-state index in [2.05, 4.69) is 15.9 Å². The van der Waals surface area contributed by atoms with Crippen molar-refractivity contribution >= 4 is 56.5 Å². The number of ether oxygens (including phenoxy) is 2. The van der Waals surface area contributed by atoms with E-state index in [-0.39, 0.29) is 17.7 Å². The predicted molar refractivity (Wildman–Crippen MR) is 139 cm³/mol. The normalized spacial score (nSPS) is 14.7. The molecule has 0 aliphatic carbocycles. The van der Waals surface area contributed by atoms with Crippen molar-refractivity contribution in [2.24, 2.45) is 0 Å². The van der Waals surface area contributed by atoms with Crippen LogP contribution < -0.4 is 9.47 Å². The van der Waals surface area contributed by atoms with E-state index in [1.807, 2.05) is 55.5 Å². The number of carbonyl (C=O) groups is 2. The molecule has 1 aliphatic rings. The van der Waals surface area contributed by atoms with E-state index in [0.29, 0.717) is 38.1 Å². The van der Waals surface area contributed by atoms with Gasteiger partial charge in [0.2, 0.25) is 0 Å². The Morgan fingerprint density at radius 3 is 2.53 bits per heavy atom. The average molecular weight is 559 g/mol. The number of imide groups is 1. The second-order valence-corrected chi connectivity index (χ2v) is 9.99. The molecular weight excluding hydrogens is 538 g/mol. The predicted octanol–water partition coefficient (Wildman–Crippen LogP) is 7.24. The standard InChI is InChI=1S/C26H21BrClNO4S/c1-16-6-8-17(9-7-16)14-29-25(30)23(34-26(29)31)13-19-11-21(27)24(22(12-19)32-2)33-15-18-4-3-5-20(28)10-18/h3-13H,14-15H2,1-2H3/b23-13-. The Bertz CT molecular complexity index is 1280. The van der Waals surface area contributed by atoms with Crippen LogP contribution in [0.2, 0.25) is 5.02 Å². The van der Waals surface area contributed by atoms with Gasteiger partial charge in [0.05, 0.1) is 23.0 Å². The van der Waals surface area contributed by atoms with Gasteiger partial charge in [-0.1, -0.05) is 53.6 Å². The summed E-state index contributed by atoms with van der Waals surface area (Å²) in [6, 6.07) is 18.8. The molecule has 1 aliphatic heterocycles. The SMILES string of the molecule is COc1cc(/C=C2\SC(=O)N(Cc3ccc(C)cc3)C2=O)cc(Br)c1OCc1cccc(Cl)c1. The highest BCUT2D eigenvalue weighted by molar-refractivity contribution is 9.10. The van der Waals surface area contributed by atoms with Crippen molar-refractivity contribution in [1.29, 1.82) is 0 Å². The maximum Gasteiger partial charge on any atom is 0.293 e. The molecule has 0 bridgehead atoms. The summed E-state index contributed by atoms with van der Waals surface area (Å²) in [5.41, 5.74) is 3.66. The zero-order chi connectivity index (χ0) is 24.2. The number of thioether (sulfide) groups is 1. The van der Waals surface area contributed by atoms with Crippen molar-refractivity contribution in [2.75, 3.05) is 7.11 Å². The van der Waals surface area contributed by atoms with E-state index < -0.39 is 0 Å². The molecule has 34 heavy (non-hydrogen) atoms. The zero-order valence-electron chi connectivity index (χ0n) is 18.5. The molecule has 0 atom stereocenters. The number of amides is 2. The van der Waals surface area contributed by atoms with Crippen LogP contribution in [0.5, 0.6) is 11.5 Å². The molecule has 8 heteroatoms. The quantitative estimate of drug-likeness (QED) is 0.286. The third kappa shape index (κ3) is 5.66. The molecule has 0 spiro atoms. The minimum absolute atomic E-state index is 0.242. The fourth-order valence-electron chi connectivity index (χ4n) is 3.41. The summed E-state index contributed by atoms with van der Waals surface area (Å²) >= 11 is 10.5. The lowest BCUT2D eigenvalue weighted by Crippen LogP contribution is -2.27. The fourth-order valence-corrected chi connectivity index (χ4v) is 5.03. The Morgan fingerprint density at radius 1 is 1.06 bits per heavy atom. The molecule has 1 heterocycles. The van der Waals surface area contributed by atoms with Gasteiger partial charge in [0.1, 0.15) is 6.61 Å². The summed E-state index contributed by atoms with van der Waals surface area (Å²) in [5.74, 6) is 0.723. The van der Waals surface area contributed by atoms with Crippen molar-refractivity contribution in [2.45, 2.75) is 20.1 Å². The Hall–Kier alpha value is -2.74. The summed E-state index contributed by atoms with van der Waals surface area (Å²) in [4.78, 5) is 27.1. The maximum absolute atomic E-state index is 12.9. The molecule has 2 amide bonds. The summed E-state index contributed by atoms with van der Waals surface area (Å²) in [5, 5.41) is 0.350. The zero-order valence-corrected chi connectivity index (χ0v) is 21.7. The van der Waals surface area contributed by atoms with Gasteiger partial charge in [-0.3, -0.25) is 14.5 Å². The molecule has 1 fully saturated rings. The first kappa shape index (κ1) is 24.4. The van der Waals surface area contributed by atoms with Crippen LogP contribution in [0, 0.1) is 6.92 Å². The largest absolute Gasteiger partial charge is 0.493 e. The molecule has 4 rings (SSSR count). The van der Waals surface area contributed by atoms with Crippen molar-refractivity contribution < 1.29 is 19.1 Å². The molecule has 0 N–H and O–H groups in total. The Balaban J connectivity index is 1.53. The maximum atomic E-state index is 12.9. The smallest absolute Gasteiger partial charge is 0.293 e. The second kappa shape index (κ2) is 10.7. The highest BCUT2D eigenvalue weighted by Gasteiger charge is 2.35. The van der Waals surface area contributed by atoms with E-state index >= 15 is 0 Å². The summed E-state index contributed by atoms with van der Waals surface area (Å²) < 4.78 is 12.2. The minimum Gasteiger partial charge on any atom is -0.493 e. The van der Waals surface area contributed by atoms with Gasteiger partial charge < -0.3 is 9.47 Å². The lowest BCUT2D eigenvalue weighted by Gasteiger charge is -2.14. The van der Waals surface area contributed by atoms with Crippen LogP contribution in [0.1, 0.15) is 22.3 Å². The molecule has 5 nitrogen and oxygen atoms in total.